The summed E-state index contributed by atoms with van der Waals surface area (Å²) in [6.45, 7) is 3.09. The molecule has 0 radical (unpaired) electrons. The number of likely N-dealkylation sites (N-methyl/N-ethyl adjacent to an activating group) is 1. The van der Waals surface area contributed by atoms with Crippen LogP contribution in [0.4, 0.5) is 10.7 Å². The molecular weight excluding hydrogens is 230 g/mol. The molecular formula is C13H15N3S. The maximum atomic E-state index is 5.99. The average Bonchev–Trinajstić information content (AvgIpc) is 2.82. The van der Waals surface area contributed by atoms with Crippen LogP contribution < -0.4 is 10.6 Å². The lowest BCUT2D eigenvalue weighted by Crippen LogP contribution is -2.12. The molecule has 1 aromatic carbocycles. The SMILES string of the molecule is Cc1nc(-c2ccc3c(c2)CCN3C)c(N)s1. The number of thiazole rings is 1. The molecule has 17 heavy (non-hydrogen) atoms. The zero-order valence-electron chi connectivity index (χ0n) is 10.0. The fourth-order valence-electron chi connectivity index (χ4n) is 2.36. The van der Waals surface area contributed by atoms with E-state index in [2.05, 4.69) is 35.1 Å². The number of aromatic nitrogens is 1. The highest BCUT2D eigenvalue weighted by Crippen LogP contribution is 2.35. The average molecular weight is 245 g/mol. The minimum Gasteiger partial charge on any atom is -0.389 e. The molecule has 0 unspecified atom stereocenters. The van der Waals surface area contributed by atoms with Gasteiger partial charge in [-0.15, -0.1) is 11.3 Å². The lowest BCUT2D eigenvalue weighted by molar-refractivity contribution is 0.956. The van der Waals surface area contributed by atoms with Crippen molar-refractivity contribution in [3.63, 3.8) is 0 Å². The molecule has 4 heteroatoms. The van der Waals surface area contributed by atoms with Crippen molar-refractivity contribution < 1.29 is 0 Å². The van der Waals surface area contributed by atoms with Crippen molar-refractivity contribution in [2.24, 2.45) is 0 Å². The summed E-state index contributed by atoms with van der Waals surface area (Å²) in [6, 6.07) is 6.51. The first kappa shape index (κ1) is 10.6. The Kier molecular flexibility index (Phi) is 2.33. The Morgan fingerprint density at radius 3 is 2.94 bits per heavy atom. The highest BCUT2D eigenvalue weighted by atomic mass is 32.1. The smallest absolute Gasteiger partial charge is 0.114 e. The fraction of sp³-hybridized carbons (Fsp3) is 0.308. The second kappa shape index (κ2) is 3.74. The third kappa shape index (κ3) is 1.69. The van der Waals surface area contributed by atoms with Gasteiger partial charge in [0.05, 0.1) is 5.01 Å². The Morgan fingerprint density at radius 1 is 1.41 bits per heavy atom. The first-order valence-corrected chi connectivity index (χ1v) is 6.54. The van der Waals surface area contributed by atoms with E-state index >= 15 is 0 Å². The van der Waals surface area contributed by atoms with E-state index in [-0.39, 0.29) is 0 Å². The summed E-state index contributed by atoms with van der Waals surface area (Å²) in [5, 5.41) is 1.84. The standard InChI is InChI=1S/C13H15N3S/c1-8-15-12(13(14)17-8)10-3-4-11-9(7-10)5-6-16(11)2/h3-4,7H,5-6,14H2,1-2H3. The molecule has 1 aliphatic heterocycles. The Hall–Kier alpha value is -1.55. The second-order valence-corrected chi connectivity index (χ2v) is 5.70. The van der Waals surface area contributed by atoms with E-state index in [1.807, 2.05) is 6.92 Å². The summed E-state index contributed by atoms with van der Waals surface area (Å²) in [5.74, 6) is 0. The van der Waals surface area contributed by atoms with Gasteiger partial charge in [0.2, 0.25) is 0 Å². The Morgan fingerprint density at radius 2 is 2.24 bits per heavy atom. The summed E-state index contributed by atoms with van der Waals surface area (Å²) in [5.41, 5.74) is 10.8. The molecule has 0 bridgehead atoms. The predicted octanol–water partition coefficient (Wildman–Crippen LogP) is 2.69. The maximum absolute atomic E-state index is 5.99. The third-order valence-corrected chi connectivity index (χ3v) is 4.04. The first-order valence-electron chi connectivity index (χ1n) is 5.72. The number of nitrogens with two attached hydrogens (primary N) is 1. The number of benzene rings is 1. The van der Waals surface area contributed by atoms with Crippen LogP contribution in [0.2, 0.25) is 0 Å². The molecule has 0 fully saturated rings. The van der Waals surface area contributed by atoms with Gasteiger partial charge in [0.25, 0.3) is 0 Å². The van der Waals surface area contributed by atoms with E-state index in [1.165, 1.54) is 11.3 Å². The van der Waals surface area contributed by atoms with Crippen molar-refractivity contribution in [1.29, 1.82) is 0 Å². The molecule has 0 aliphatic carbocycles. The van der Waals surface area contributed by atoms with Gasteiger partial charge in [-0.1, -0.05) is 6.07 Å². The fourth-order valence-corrected chi connectivity index (χ4v) is 3.08. The molecule has 0 saturated heterocycles. The van der Waals surface area contributed by atoms with Crippen molar-refractivity contribution >= 4 is 22.0 Å². The van der Waals surface area contributed by atoms with E-state index < -0.39 is 0 Å². The number of nitrogen functional groups attached to an aromatic ring is 1. The van der Waals surface area contributed by atoms with Crippen molar-refractivity contribution in [1.82, 2.24) is 4.98 Å². The molecule has 2 aromatic rings. The van der Waals surface area contributed by atoms with E-state index in [9.17, 15) is 0 Å². The summed E-state index contributed by atoms with van der Waals surface area (Å²) in [4.78, 5) is 6.79. The third-order valence-electron chi connectivity index (χ3n) is 3.24. The van der Waals surface area contributed by atoms with Gasteiger partial charge >= 0.3 is 0 Å². The predicted molar refractivity (Wildman–Crippen MR) is 73.7 cm³/mol. The van der Waals surface area contributed by atoms with Gasteiger partial charge < -0.3 is 10.6 Å². The number of anilines is 2. The number of aryl methyl sites for hydroxylation is 1. The second-order valence-electron chi connectivity index (χ2n) is 4.46. The maximum Gasteiger partial charge on any atom is 0.114 e. The minimum atomic E-state index is 0.814. The van der Waals surface area contributed by atoms with E-state index in [1.54, 1.807) is 11.3 Å². The zero-order chi connectivity index (χ0) is 12.0. The normalized spacial score (nSPS) is 14.1. The van der Waals surface area contributed by atoms with E-state index in [0.29, 0.717) is 0 Å². The van der Waals surface area contributed by atoms with Gasteiger partial charge in [-0.3, -0.25) is 0 Å². The lowest BCUT2D eigenvalue weighted by Gasteiger charge is -2.11. The van der Waals surface area contributed by atoms with Crippen molar-refractivity contribution in [3.05, 3.63) is 28.8 Å². The van der Waals surface area contributed by atoms with Gasteiger partial charge in [0, 0.05) is 24.8 Å². The largest absolute Gasteiger partial charge is 0.389 e. The Balaban J connectivity index is 2.08. The number of hydrogen-bond donors (Lipinski definition) is 1. The van der Waals surface area contributed by atoms with E-state index in [4.69, 9.17) is 5.73 Å². The quantitative estimate of drug-likeness (QED) is 0.840. The van der Waals surface area contributed by atoms with E-state index in [0.717, 1.165) is 34.2 Å². The molecule has 0 amide bonds. The van der Waals surface area contributed by atoms with Crippen LogP contribution in [0.3, 0.4) is 0 Å². The van der Waals surface area contributed by atoms with Crippen LogP contribution in [0.25, 0.3) is 11.3 Å². The summed E-state index contributed by atoms with van der Waals surface area (Å²) in [7, 11) is 2.13. The molecule has 1 aromatic heterocycles. The monoisotopic (exact) mass is 245 g/mol. The molecule has 3 rings (SSSR count). The molecule has 0 spiro atoms. The van der Waals surface area contributed by atoms with Crippen LogP contribution in [0.15, 0.2) is 18.2 Å². The van der Waals surface area contributed by atoms with Crippen molar-refractivity contribution in [3.8, 4) is 11.3 Å². The molecule has 0 saturated carbocycles. The van der Waals surface area contributed by atoms with Gasteiger partial charge in [-0.2, -0.15) is 0 Å². The Labute approximate surface area is 105 Å². The van der Waals surface area contributed by atoms with Gasteiger partial charge in [0.1, 0.15) is 10.7 Å². The van der Waals surface area contributed by atoms with Crippen molar-refractivity contribution in [2.75, 3.05) is 24.2 Å². The molecule has 2 N–H and O–H groups in total. The number of rotatable bonds is 1. The van der Waals surface area contributed by atoms with Crippen LogP contribution in [-0.2, 0) is 6.42 Å². The first-order chi connectivity index (χ1) is 8.15. The number of hydrogen-bond acceptors (Lipinski definition) is 4. The number of fused-ring (bicyclic) bond motifs is 1. The van der Waals surface area contributed by atoms with Crippen LogP contribution in [0, 0.1) is 6.92 Å². The molecule has 88 valence electrons. The highest BCUT2D eigenvalue weighted by Gasteiger charge is 2.17. The van der Waals surface area contributed by atoms with Gasteiger partial charge in [-0.25, -0.2) is 4.98 Å². The van der Waals surface area contributed by atoms with Crippen LogP contribution in [0.1, 0.15) is 10.6 Å². The van der Waals surface area contributed by atoms with Crippen molar-refractivity contribution in [2.45, 2.75) is 13.3 Å². The highest BCUT2D eigenvalue weighted by molar-refractivity contribution is 7.16. The summed E-state index contributed by atoms with van der Waals surface area (Å²) < 4.78 is 0. The number of nitrogens with zero attached hydrogens (tertiary/aromatic N) is 2. The van der Waals surface area contributed by atoms with Gasteiger partial charge in [0.15, 0.2) is 0 Å². The minimum absolute atomic E-state index is 0.814. The van der Waals surface area contributed by atoms with Crippen LogP contribution in [0.5, 0.6) is 0 Å². The van der Waals surface area contributed by atoms with Gasteiger partial charge in [-0.05, 0) is 31.0 Å². The lowest BCUT2D eigenvalue weighted by atomic mass is 10.1. The van der Waals surface area contributed by atoms with Crippen LogP contribution >= 0.6 is 11.3 Å². The van der Waals surface area contributed by atoms with Crippen LogP contribution in [-0.4, -0.2) is 18.6 Å². The molecule has 0 atom stereocenters. The zero-order valence-corrected chi connectivity index (χ0v) is 10.8. The molecule has 2 heterocycles. The molecule has 1 aliphatic rings. The molecule has 3 nitrogen and oxygen atoms in total. The summed E-state index contributed by atoms with van der Waals surface area (Å²) in [6.07, 6.45) is 1.11. The topological polar surface area (TPSA) is 42.2 Å². The summed E-state index contributed by atoms with van der Waals surface area (Å²) >= 11 is 1.55. The Bertz CT molecular complexity index is 574.